The van der Waals surface area contributed by atoms with Gasteiger partial charge in [-0.2, -0.15) is 0 Å². The smallest absolute Gasteiger partial charge is 0.276 e. The summed E-state index contributed by atoms with van der Waals surface area (Å²) in [6, 6.07) is 7.44. The van der Waals surface area contributed by atoms with Gasteiger partial charge in [-0.25, -0.2) is 15.1 Å². The number of pyridine rings is 1. The van der Waals surface area contributed by atoms with E-state index < -0.39 is 11.3 Å². The molecular formula is C16H18ClN5O3S. The van der Waals surface area contributed by atoms with Gasteiger partial charge in [0.1, 0.15) is 10.3 Å². The fourth-order valence-electron chi connectivity index (χ4n) is 2.81. The van der Waals surface area contributed by atoms with Gasteiger partial charge in [-0.3, -0.25) is 0 Å². The number of hydrazone groups is 1. The Morgan fingerprint density at radius 2 is 2.31 bits per heavy atom. The summed E-state index contributed by atoms with van der Waals surface area (Å²) in [5, 5.41) is 16.4. The Balaban J connectivity index is 1.86. The molecule has 0 spiro atoms. The highest BCUT2D eigenvalue weighted by molar-refractivity contribution is 7.10. The van der Waals surface area contributed by atoms with Crippen LogP contribution in [0.15, 0.2) is 40.9 Å². The second-order valence-corrected chi connectivity index (χ2v) is 6.93. The molecule has 1 atom stereocenters. The number of nitrogens with zero attached hydrogens (tertiary/aromatic N) is 5. The zero-order valence-electron chi connectivity index (χ0n) is 14.1. The average molecular weight is 396 g/mol. The summed E-state index contributed by atoms with van der Waals surface area (Å²) in [6.07, 6.45) is 1.26. The first kappa shape index (κ1) is 18.6. The van der Waals surface area contributed by atoms with Crippen LogP contribution in [0.1, 0.15) is 23.6 Å². The third kappa shape index (κ3) is 4.29. The van der Waals surface area contributed by atoms with Gasteiger partial charge >= 0.3 is 0 Å². The summed E-state index contributed by atoms with van der Waals surface area (Å²) in [5.41, 5.74) is 0.899. The van der Waals surface area contributed by atoms with Gasteiger partial charge in [0.2, 0.25) is 0 Å². The number of ether oxygens (including phenoxy) is 1. The highest BCUT2D eigenvalue weighted by atomic mass is 35.5. The van der Waals surface area contributed by atoms with E-state index in [9.17, 15) is 10.1 Å². The Morgan fingerprint density at radius 3 is 2.92 bits per heavy atom. The number of nitro groups is 1. The summed E-state index contributed by atoms with van der Waals surface area (Å²) in [5.74, 6) is 0.289. The maximum atomic E-state index is 11.1. The standard InChI is InChI=1S/C16H18ClN5O3S/c1-2-25-15(13-4-3-9-26-13)21-8-7-20(16(21)19-22(23)24)11-12-5-6-14(17)18-10-12/h3-6,9-10,15H,2,7-8,11H2,1H3. The van der Waals surface area contributed by atoms with E-state index in [4.69, 9.17) is 16.3 Å². The van der Waals surface area contributed by atoms with Crippen LogP contribution >= 0.6 is 22.9 Å². The lowest BCUT2D eigenvalue weighted by Gasteiger charge is -2.28. The summed E-state index contributed by atoms with van der Waals surface area (Å²) < 4.78 is 5.87. The van der Waals surface area contributed by atoms with Gasteiger partial charge in [-0.1, -0.05) is 23.7 Å². The minimum absolute atomic E-state index is 0.289. The lowest BCUT2D eigenvalue weighted by molar-refractivity contribution is -0.486. The van der Waals surface area contributed by atoms with E-state index in [2.05, 4.69) is 10.1 Å². The Labute approximate surface area is 159 Å². The molecule has 138 valence electrons. The number of aromatic nitrogens is 1. The number of hydrogen-bond donors (Lipinski definition) is 0. The predicted octanol–water partition coefficient (Wildman–Crippen LogP) is 3.20. The Kier molecular flexibility index (Phi) is 6.02. The molecule has 1 unspecified atom stereocenters. The van der Waals surface area contributed by atoms with Gasteiger partial charge in [0, 0.05) is 32.4 Å². The molecule has 2 aromatic heterocycles. The van der Waals surface area contributed by atoms with Crippen LogP contribution in [0.5, 0.6) is 0 Å². The number of guanidine groups is 1. The molecule has 1 fully saturated rings. The molecule has 0 saturated carbocycles. The quantitative estimate of drug-likeness (QED) is 0.406. The first-order valence-electron chi connectivity index (χ1n) is 8.08. The topological polar surface area (TPSA) is 84.1 Å². The van der Waals surface area contributed by atoms with Crippen LogP contribution in [0.4, 0.5) is 0 Å². The van der Waals surface area contributed by atoms with Crippen molar-refractivity contribution < 1.29 is 9.77 Å². The second-order valence-electron chi connectivity index (χ2n) is 5.57. The normalized spacial score (nSPS) is 17.1. The largest absolute Gasteiger partial charge is 0.353 e. The minimum atomic E-state index is -0.668. The molecule has 8 nitrogen and oxygen atoms in total. The van der Waals surface area contributed by atoms with Crippen LogP contribution in [0.3, 0.4) is 0 Å². The Hall–Kier alpha value is -2.23. The molecule has 26 heavy (non-hydrogen) atoms. The van der Waals surface area contributed by atoms with Crippen LogP contribution in [0, 0.1) is 10.1 Å². The third-order valence-electron chi connectivity index (χ3n) is 3.88. The maximum absolute atomic E-state index is 11.1. The Bertz CT molecular complexity index is 769. The van der Waals surface area contributed by atoms with Crippen molar-refractivity contribution in [2.75, 3.05) is 19.7 Å². The fourth-order valence-corrected chi connectivity index (χ4v) is 3.71. The van der Waals surface area contributed by atoms with Crippen LogP contribution in [0.25, 0.3) is 0 Å². The molecule has 0 N–H and O–H groups in total. The molecule has 0 aliphatic carbocycles. The second kappa shape index (κ2) is 8.43. The van der Waals surface area contributed by atoms with Crippen molar-refractivity contribution in [1.82, 2.24) is 14.8 Å². The lowest BCUT2D eigenvalue weighted by atomic mass is 10.3. The van der Waals surface area contributed by atoms with Crippen LogP contribution in [-0.2, 0) is 11.3 Å². The SMILES string of the molecule is CCOC(c1cccs1)N1CCN(Cc2ccc(Cl)nc2)C1=N[N+](=O)[O-]. The highest BCUT2D eigenvalue weighted by Gasteiger charge is 2.36. The van der Waals surface area contributed by atoms with E-state index >= 15 is 0 Å². The molecule has 3 rings (SSSR count). The molecule has 0 amide bonds. The lowest BCUT2D eigenvalue weighted by Crippen LogP contribution is -2.37. The zero-order chi connectivity index (χ0) is 18.5. The summed E-state index contributed by atoms with van der Waals surface area (Å²) in [7, 11) is 0. The number of halogens is 1. The molecule has 1 aliphatic heterocycles. The van der Waals surface area contributed by atoms with Crippen LogP contribution < -0.4 is 0 Å². The van der Waals surface area contributed by atoms with E-state index in [1.165, 1.54) is 0 Å². The van der Waals surface area contributed by atoms with E-state index in [-0.39, 0.29) is 5.96 Å². The Morgan fingerprint density at radius 1 is 1.46 bits per heavy atom. The van der Waals surface area contributed by atoms with Crippen molar-refractivity contribution in [2.24, 2.45) is 5.10 Å². The monoisotopic (exact) mass is 395 g/mol. The molecule has 0 bridgehead atoms. The maximum Gasteiger partial charge on any atom is 0.276 e. The first-order valence-corrected chi connectivity index (χ1v) is 9.34. The van der Waals surface area contributed by atoms with Crippen molar-refractivity contribution in [3.05, 3.63) is 61.6 Å². The number of rotatable bonds is 7. The van der Waals surface area contributed by atoms with Crippen molar-refractivity contribution in [2.45, 2.75) is 19.7 Å². The highest BCUT2D eigenvalue weighted by Crippen LogP contribution is 2.30. The third-order valence-corrected chi connectivity index (χ3v) is 5.00. The van der Waals surface area contributed by atoms with E-state index in [0.29, 0.717) is 31.4 Å². The zero-order valence-corrected chi connectivity index (χ0v) is 15.7. The van der Waals surface area contributed by atoms with E-state index in [0.717, 1.165) is 10.4 Å². The van der Waals surface area contributed by atoms with Gasteiger partial charge in [-0.05, 0) is 30.0 Å². The van der Waals surface area contributed by atoms with Gasteiger partial charge < -0.3 is 14.5 Å². The first-order chi connectivity index (χ1) is 12.6. The van der Waals surface area contributed by atoms with Crippen molar-refractivity contribution in [3.63, 3.8) is 0 Å². The fraction of sp³-hybridized carbons (Fsp3) is 0.375. The van der Waals surface area contributed by atoms with Crippen LogP contribution in [0.2, 0.25) is 5.15 Å². The summed E-state index contributed by atoms with van der Waals surface area (Å²) >= 11 is 7.37. The minimum Gasteiger partial charge on any atom is -0.353 e. The van der Waals surface area contributed by atoms with Crippen molar-refractivity contribution in [3.8, 4) is 0 Å². The molecule has 2 aromatic rings. The molecule has 1 saturated heterocycles. The van der Waals surface area contributed by atoms with Gasteiger partial charge in [0.25, 0.3) is 5.96 Å². The van der Waals surface area contributed by atoms with E-state index in [1.807, 2.05) is 40.3 Å². The van der Waals surface area contributed by atoms with Crippen LogP contribution in [-0.4, -0.2) is 45.5 Å². The van der Waals surface area contributed by atoms with Gasteiger partial charge in [0.15, 0.2) is 11.3 Å². The molecule has 10 heteroatoms. The van der Waals surface area contributed by atoms with Gasteiger partial charge in [-0.15, -0.1) is 11.3 Å². The summed E-state index contributed by atoms with van der Waals surface area (Å²) in [6.45, 7) is 4.03. The molecule has 3 heterocycles. The van der Waals surface area contributed by atoms with Crippen molar-refractivity contribution in [1.29, 1.82) is 0 Å². The summed E-state index contributed by atoms with van der Waals surface area (Å²) in [4.78, 5) is 19.8. The predicted molar refractivity (Wildman–Crippen MR) is 99.5 cm³/mol. The van der Waals surface area contributed by atoms with Gasteiger partial charge in [0.05, 0.1) is 4.88 Å². The number of thiophene rings is 1. The van der Waals surface area contributed by atoms with Crippen molar-refractivity contribution >= 4 is 28.9 Å². The molecular weight excluding hydrogens is 378 g/mol. The molecule has 0 aromatic carbocycles. The number of hydrogen-bond acceptors (Lipinski definition) is 5. The van der Waals surface area contributed by atoms with E-state index in [1.54, 1.807) is 23.6 Å². The molecule has 0 radical (unpaired) electrons. The molecule has 1 aliphatic rings. The average Bonchev–Trinajstić information content (AvgIpc) is 3.26.